The Morgan fingerprint density at radius 2 is 1.39 bits per heavy atom. The summed E-state index contributed by atoms with van der Waals surface area (Å²) in [5.41, 5.74) is 0.519. The van der Waals surface area contributed by atoms with Crippen LogP contribution in [0.4, 0.5) is 8.78 Å². The largest absolute Gasteiger partial charge is 0.207 e. The predicted molar refractivity (Wildman–Crippen MR) is 94.6 cm³/mol. The number of rotatable bonds is 2. The summed E-state index contributed by atoms with van der Waals surface area (Å²) in [5.74, 6) is -1.13. The molecule has 0 saturated carbocycles. The Bertz CT molecular complexity index is 971. The van der Waals surface area contributed by atoms with Gasteiger partial charge in [-0.1, -0.05) is 30.3 Å². The van der Waals surface area contributed by atoms with Crippen molar-refractivity contribution in [2.75, 3.05) is 0 Å². The van der Waals surface area contributed by atoms with Gasteiger partial charge < -0.3 is 0 Å². The van der Waals surface area contributed by atoms with E-state index < -0.39 is 11.6 Å². The first-order valence-corrected chi connectivity index (χ1v) is 8.05. The quantitative estimate of drug-likeness (QED) is 0.395. The Kier molecular flexibility index (Phi) is 3.43. The van der Waals surface area contributed by atoms with E-state index in [2.05, 4.69) is 30.3 Å². The van der Waals surface area contributed by atoms with Gasteiger partial charge in [-0.25, -0.2) is 8.78 Å². The van der Waals surface area contributed by atoms with Gasteiger partial charge in [0.15, 0.2) is 0 Å². The van der Waals surface area contributed by atoms with Crippen LogP contribution in [-0.4, -0.2) is 0 Å². The molecule has 0 saturated heterocycles. The monoisotopic (exact) mass is 322 g/mol. The van der Waals surface area contributed by atoms with Crippen LogP contribution in [0.1, 0.15) is 10.4 Å². The minimum absolute atomic E-state index is 0.519. The van der Waals surface area contributed by atoms with Crippen molar-refractivity contribution >= 4 is 44.3 Å². The number of benzene rings is 3. The number of thiophene rings is 1. The summed E-state index contributed by atoms with van der Waals surface area (Å²) >= 11 is 1.67. The number of halogens is 2. The summed E-state index contributed by atoms with van der Waals surface area (Å²) < 4.78 is 27.6. The normalized spacial score (nSPS) is 11.7. The molecule has 0 aliphatic heterocycles. The molecule has 0 N–H and O–H groups in total. The second-order valence-electron chi connectivity index (χ2n) is 5.42. The first-order chi connectivity index (χ1) is 11.2. The molecule has 0 unspecified atom stereocenters. The van der Waals surface area contributed by atoms with Gasteiger partial charge in [0.05, 0.1) is 0 Å². The Morgan fingerprint density at radius 1 is 0.696 bits per heavy atom. The lowest BCUT2D eigenvalue weighted by Gasteiger charge is -1.96. The van der Waals surface area contributed by atoms with Crippen molar-refractivity contribution in [3.63, 3.8) is 0 Å². The molecule has 0 bridgehead atoms. The van der Waals surface area contributed by atoms with Gasteiger partial charge in [0.2, 0.25) is 0 Å². The third kappa shape index (κ3) is 2.88. The van der Waals surface area contributed by atoms with Gasteiger partial charge in [-0.2, -0.15) is 0 Å². The van der Waals surface area contributed by atoms with Crippen LogP contribution in [0.25, 0.3) is 33.0 Å². The molecule has 4 aromatic rings. The molecule has 0 aliphatic carbocycles. The van der Waals surface area contributed by atoms with Gasteiger partial charge >= 0.3 is 0 Å². The van der Waals surface area contributed by atoms with E-state index in [0.29, 0.717) is 5.56 Å². The van der Waals surface area contributed by atoms with Crippen LogP contribution >= 0.6 is 11.3 Å². The number of fused-ring (bicyclic) bond motifs is 2. The van der Waals surface area contributed by atoms with Crippen LogP contribution < -0.4 is 0 Å². The SMILES string of the molecule is Fc1cc(F)cc(/C=C/c2cc3cc4ccccc4cc3s2)c1. The zero-order valence-corrected chi connectivity index (χ0v) is 12.9. The van der Waals surface area contributed by atoms with Gasteiger partial charge in [0.1, 0.15) is 11.6 Å². The minimum atomic E-state index is -0.563. The van der Waals surface area contributed by atoms with E-state index in [4.69, 9.17) is 0 Å². The zero-order valence-electron chi connectivity index (χ0n) is 12.1. The summed E-state index contributed by atoms with van der Waals surface area (Å²) in [7, 11) is 0. The van der Waals surface area contributed by atoms with Gasteiger partial charge in [-0.05, 0) is 58.1 Å². The fraction of sp³-hybridized carbons (Fsp3) is 0. The average Bonchev–Trinajstić information content (AvgIpc) is 2.91. The third-order valence-electron chi connectivity index (χ3n) is 3.73. The van der Waals surface area contributed by atoms with Crippen molar-refractivity contribution in [3.05, 3.63) is 82.7 Å². The third-order valence-corrected chi connectivity index (χ3v) is 4.79. The summed E-state index contributed by atoms with van der Waals surface area (Å²) in [4.78, 5) is 1.06. The molecule has 4 rings (SSSR count). The first kappa shape index (κ1) is 14.1. The van der Waals surface area contributed by atoms with Crippen LogP contribution in [0.5, 0.6) is 0 Å². The lowest BCUT2D eigenvalue weighted by atomic mass is 10.1. The molecule has 23 heavy (non-hydrogen) atoms. The molecule has 0 nitrogen and oxygen atoms in total. The van der Waals surface area contributed by atoms with Crippen molar-refractivity contribution in [2.24, 2.45) is 0 Å². The predicted octanol–water partition coefficient (Wildman–Crippen LogP) is 6.50. The maximum atomic E-state index is 13.2. The zero-order chi connectivity index (χ0) is 15.8. The molecule has 3 aromatic carbocycles. The fourth-order valence-corrected chi connectivity index (χ4v) is 3.68. The molecule has 0 amide bonds. The lowest BCUT2D eigenvalue weighted by Crippen LogP contribution is -1.81. The smallest absolute Gasteiger partial charge is 0.126 e. The van der Waals surface area contributed by atoms with Crippen LogP contribution in [-0.2, 0) is 0 Å². The van der Waals surface area contributed by atoms with Crippen LogP contribution in [0.3, 0.4) is 0 Å². The van der Waals surface area contributed by atoms with E-state index in [1.54, 1.807) is 17.4 Å². The standard InChI is InChI=1S/C20H12F2S/c21-17-7-13(8-18(22)12-17)5-6-19-10-16-9-14-3-1-2-4-15(14)11-20(16)23-19/h1-12H/b6-5+. The van der Waals surface area contributed by atoms with E-state index in [1.807, 2.05) is 18.2 Å². The molecular weight excluding hydrogens is 310 g/mol. The van der Waals surface area contributed by atoms with E-state index in [-0.39, 0.29) is 0 Å². The summed E-state index contributed by atoms with van der Waals surface area (Å²) in [6.45, 7) is 0. The van der Waals surface area contributed by atoms with E-state index >= 15 is 0 Å². The molecular formula is C20H12F2S. The maximum Gasteiger partial charge on any atom is 0.126 e. The molecule has 0 aliphatic rings. The Balaban J connectivity index is 1.74. The van der Waals surface area contributed by atoms with E-state index in [1.165, 1.54) is 33.0 Å². The van der Waals surface area contributed by atoms with Crippen molar-refractivity contribution in [3.8, 4) is 0 Å². The van der Waals surface area contributed by atoms with Gasteiger partial charge in [-0.3, -0.25) is 0 Å². The first-order valence-electron chi connectivity index (χ1n) is 7.24. The summed E-state index contributed by atoms with van der Waals surface area (Å²) in [6, 6.07) is 18.2. The molecule has 0 radical (unpaired) electrons. The highest BCUT2D eigenvalue weighted by molar-refractivity contribution is 7.20. The second-order valence-corrected chi connectivity index (χ2v) is 6.54. The van der Waals surface area contributed by atoms with Gasteiger partial charge in [0.25, 0.3) is 0 Å². The van der Waals surface area contributed by atoms with E-state index in [0.717, 1.165) is 10.9 Å². The van der Waals surface area contributed by atoms with Gasteiger partial charge in [0, 0.05) is 15.6 Å². The highest BCUT2D eigenvalue weighted by Gasteiger charge is 2.02. The Morgan fingerprint density at radius 3 is 2.13 bits per heavy atom. The maximum absolute atomic E-state index is 13.2. The average molecular weight is 322 g/mol. The van der Waals surface area contributed by atoms with Crippen molar-refractivity contribution < 1.29 is 8.78 Å². The molecule has 0 fully saturated rings. The van der Waals surface area contributed by atoms with Gasteiger partial charge in [-0.15, -0.1) is 11.3 Å². The van der Waals surface area contributed by atoms with E-state index in [9.17, 15) is 8.78 Å². The highest BCUT2D eigenvalue weighted by Crippen LogP contribution is 2.31. The number of hydrogen-bond donors (Lipinski definition) is 0. The molecule has 112 valence electrons. The molecule has 0 spiro atoms. The van der Waals surface area contributed by atoms with Crippen molar-refractivity contribution in [2.45, 2.75) is 0 Å². The summed E-state index contributed by atoms with van der Waals surface area (Å²) in [5, 5.41) is 3.60. The Hall–Kier alpha value is -2.52. The highest BCUT2D eigenvalue weighted by atomic mass is 32.1. The molecule has 1 aromatic heterocycles. The minimum Gasteiger partial charge on any atom is -0.207 e. The Labute approximate surface area is 136 Å². The number of hydrogen-bond acceptors (Lipinski definition) is 1. The lowest BCUT2D eigenvalue weighted by molar-refractivity contribution is 0.583. The van der Waals surface area contributed by atoms with Crippen LogP contribution in [0.2, 0.25) is 0 Å². The fourth-order valence-electron chi connectivity index (χ4n) is 2.68. The van der Waals surface area contributed by atoms with Crippen LogP contribution in [0, 0.1) is 11.6 Å². The van der Waals surface area contributed by atoms with Crippen molar-refractivity contribution in [1.29, 1.82) is 0 Å². The molecule has 1 heterocycles. The van der Waals surface area contributed by atoms with Crippen molar-refractivity contribution in [1.82, 2.24) is 0 Å². The second kappa shape index (κ2) is 5.60. The molecule has 0 atom stereocenters. The molecule has 3 heteroatoms. The topological polar surface area (TPSA) is 0 Å². The van der Waals surface area contributed by atoms with Crippen LogP contribution in [0.15, 0.2) is 60.7 Å². The summed E-state index contributed by atoms with van der Waals surface area (Å²) in [6.07, 6.45) is 3.63.